The predicted molar refractivity (Wildman–Crippen MR) is 38.0 cm³/mol. The normalized spacial score (nSPS) is 11.7. The minimum atomic E-state index is -4.75. The molecule has 6 heteroatoms. The van der Waals surface area contributed by atoms with Crippen LogP contribution in [0.3, 0.4) is 0 Å². The van der Waals surface area contributed by atoms with Crippen molar-refractivity contribution in [3.63, 3.8) is 0 Å². The quantitative estimate of drug-likeness (QED) is 0.703. The van der Waals surface area contributed by atoms with Crippen molar-refractivity contribution < 1.29 is 18.0 Å². The molecule has 0 aromatic carbocycles. The van der Waals surface area contributed by atoms with Crippen LogP contribution in [-0.2, 0) is 18.3 Å². The molecule has 1 rings (SSSR count). The van der Waals surface area contributed by atoms with Gasteiger partial charge in [-0.25, -0.2) is 0 Å². The Hall–Kier alpha value is -1.33. The van der Waals surface area contributed by atoms with Gasteiger partial charge in [0.1, 0.15) is 0 Å². The number of carbonyl (C=O) groups is 1. The van der Waals surface area contributed by atoms with E-state index < -0.39 is 18.4 Å². The van der Waals surface area contributed by atoms with Crippen LogP contribution in [0.1, 0.15) is 5.56 Å². The molecule has 0 aliphatic carbocycles. The summed E-state index contributed by atoms with van der Waals surface area (Å²) in [6.07, 6.45) is -2.78. The second-order valence-electron chi connectivity index (χ2n) is 2.62. The third-order valence-electron chi connectivity index (χ3n) is 1.44. The van der Waals surface area contributed by atoms with E-state index in [1.807, 2.05) is 0 Å². The molecule has 0 saturated carbocycles. The van der Waals surface area contributed by atoms with Crippen molar-refractivity contribution in [2.24, 2.45) is 7.05 Å². The van der Waals surface area contributed by atoms with E-state index in [2.05, 4.69) is 5.10 Å². The van der Waals surface area contributed by atoms with Crippen molar-refractivity contribution >= 4 is 5.78 Å². The van der Waals surface area contributed by atoms with Gasteiger partial charge < -0.3 is 0 Å². The molecule has 0 fully saturated rings. The Labute approximate surface area is 72.2 Å². The summed E-state index contributed by atoms with van der Waals surface area (Å²) in [4.78, 5) is 10.5. The summed E-state index contributed by atoms with van der Waals surface area (Å²) in [5.41, 5.74) is 0.268. The van der Waals surface area contributed by atoms with Crippen LogP contribution < -0.4 is 0 Å². The van der Waals surface area contributed by atoms with E-state index in [0.717, 1.165) is 0 Å². The van der Waals surface area contributed by atoms with E-state index in [1.54, 1.807) is 7.05 Å². The summed E-state index contributed by atoms with van der Waals surface area (Å²) in [6.45, 7) is 0. The lowest BCUT2D eigenvalue weighted by atomic mass is 10.2. The highest BCUT2D eigenvalue weighted by atomic mass is 19.4. The lowest BCUT2D eigenvalue weighted by molar-refractivity contribution is -0.170. The van der Waals surface area contributed by atoms with E-state index >= 15 is 0 Å². The van der Waals surface area contributed by atoms with Gasteiger partial charge in [-0.3, -0.25) is 9.48 Å². The Kier molecular flexibility index (Phi) is 2.40. The maximum atomic E-state index is 11.8. The van der Waals surface area contributed by atoms with Crippen LogP contribution in [0.5, 0.6) is 0 Å². The number of rotatable bonds is 2. The first-order valence-corrected chi connectivity index (χ1v) is 3.47. The number of hydrogen-bond acceptors (Lipinski definition) is 2. The zero-order valence-corrected chi connectivity index (χ0v) is 6.80. The topological polar surface area (TPSA) is 34.9 Å². The van der Waals surface area contributed by atoms with Crippen molar-refractivity contribution in [1.82, 2.24) is 9.78 Å². The SMILES string of the molecule is Cn1cc(CC(=O)C(F)(F)F)cn1. The van der Waals surface area contributed by atoms with E-state index in [1.165, 1.54) is 17.1 Å². The summed E-state index contributed by atoms with van der Waals surface area (Å²) >= 11 is 0. The number of halogens is 3. The predicted octanol–water partition coefficient (Wildman–Crippen LogP) is 1.09. The van der Waals surface area contributed by atoms with Crippen LogP contribution in [0.2, 0.25) is 0 Å². The number of aromatic nitrogens is 2. The zero-order valence-electron chi connectivity index (χ0n) is 6.80. The second kappa shape index (κ2) is 3.20. The lowest BCUT2D eigenvalue weighted by Gasteiger charge is -2.02. The summed E-state index contributed by atoms with van der Waals surface area (Å²) in [5.74, 6) is -1.75. The molecular weight excluding hydrogens is 185 g/mol. The Morgan fingerprint density at radius 3 is 2.62 bits per heavy atom. The molecule has 1 aromatic rings. The van der Waals surface area contributed by atoms with Crippen molar-refractivity contribution in [2.75, 3.05) is 0 Å². The van der Waals surface area contributed by atoms with E-state index in [4.69, 9.17) is 0 Å². The number of hydrogen-bond donors (Lipinski definition) is 0. The average molecular weight is 192 g/mol. The van der Waals surface area contributed by atoms with E-state index in [9.17, 15) is 18.0 Å². The van der Waals surface area contributed by atoms with Crippen molar-refractivity contribution in [2.45, 2.75) is 12.6 Å². The first kappa shape index (κ1) is 9.76. The molecule has 0 bridgehead atoms. The molecule has 0 aliphatic heterocycles. The van der Waals surface area contributed by atoms with Gasteiger partial charge >= 0.3 is 6.18 Å². The number of alkyl halides is 3. The lowest BCUT2D eigenvalue weighted by Crippen LogP contribution is -2.24. The second-order valence-corrected chi connectivity index (χ2v) is 2.62. The Morgan fingerprint density at radius 2 is 2.23 bits per heavy atom. The molecule has 0 amide bonds. The van der Waals surface area contributed by atoms with Gasteiger partial charge in [-0.05, 0) is 5.56 Å². The minimum absolute atomic E-state index is 0.268. The zero-order chi connectivity index (χ0) is 10.1. The largest absolute Gasteiger partial charge is 0.450 e. The van der Waals surface area contributed by atoms with Crippen LogP contribution in [0.25, 0.3) is 0 Å². The molecule has 0 atom stereocenters. The molecule has 0 spiro atoms. The highest BCUT2D eigenvalue weighted by molar-refractivity contribution is 5.85. The standard InChI is InChI=1S/C7H7F3N2O/c1-12-4-5(3-11-12)2-6(13)7(8,9)10/h3-4H,2H2,1H3. The molecule has 72 valence electrons. The molecule has 0 unspecified atom stereocenters. The first-order valence-electron chi connectivity index (χ1n) is 3.47. The van der Waals surface area contributed by atoms with Gasteiger partial charge in [0.05, 0.1) is 6.20 Å². The maximum absolute atomic E-state index is 11.8. The summed E-state index contributed by atoms with van der Waals surface area (Å²) in [5, 5.41) is 3.65. The molecule has 13 heavy (non-hydrogen) atoms. The van der Waals surface area contributed by atoms with Gasteiger partial charge in [0, 0.05) is 19.7 Å². The molecular formula is C7H7F3N2O. The molecule has 3 nitrogen and oxygen atoms in total. The molecule has 0 saturated heterocycles. The Bertz CT molecular complexity index is 316. The number of ketones is 1. The van der Waals surface area contributed by atoms with Gasteiger partial charge in [-0.1, -0.05) is 0 Å². The fraction of sp³-hybridized carbons (Fsp3) is 0.429. The van der Waals surface area contributed by atoms with Gasteiger partial charge in [-0.2, -0.15) is 18.3 Å². The van der Waals surface area contributed by atoms with E-state index in [0.29, 0.717) is 0 Å². The van der Waals surface area contributed by atoms with E-state index in [-0.39, 0.29) is 5.56 Å². The maximum Gasteiger partial charge on any atom is 0.450 e. The van der Waals surface area contributed by atoms with Crippen LogP contribution in [-0.4, -0.2) is 21.7 Å². The third kappa shape index (κ3) is 2.57. The van der Waals surface area contributed by atoms with Crippen LogP contribution in [0.15, 0.2) is 12.4 Å². The van der Waals surface area contributed by atoms with Crippen molar-refractivity contribution in [1.29, 1.82) is 0 Å². The summed E-state index contributed by atoms with van der Waals surface area (Å²) in [7, 11) is 1.57. The smallest absolute Gasteiger partial charge is 0.289 e. The van der Waals surface area contributed by atoms with Crippen molar-refractivity contribution in [3.8, 4) is 0 Å². The molecule has 0 radical (unpaired) electrons. The van der Waals surface area contributed by atoms with Gasteiger partial charge in [-0.15, -0.1) is 0 Å². The highest BCUT2D eigenvalue weighted by Crippen LogP contribution is 2.18. The molecule has 0 N–H and O–H groups in total. The van der Waals surface area contributed by atoms with Crippen LogP contribution in [0, 0.1) is 0 Å². The molecule has 0 aliphatic rings. The minimum Gasteiger partial charge on any atom is -0.289 e. The van der Waals surface area contributed by atoms with Crippen LogP contribution >= 0.6 is 0 Å². The number of Topliss-reactive ketones (excluding diaryl/α,β-unsaturated/α-hetero) is 1. The van der Waals surface area contributed by atoms with Gasteiger partial charge in [0.2, 0.25) is 5.78 Å². The number of carbonyl (C=O) groups excluding carboxylic acids is 1. The number of nitrogens with zero attached hydrogens (tertiary/aromatic N) is 2. The highest BCUT2D eigenvalue weighted by Gasteiger charge is 2.37. The van der Waals surface area contributed by atoms with Gasteiger partial charge in [0.25, 0.3) is 0 Å². The van der Waals surface area contributed by atoms with Crippen LogP contribution in [0.4, 0.5) is 13.2 Å². The summed E-state index contributed by atoms with van der Waals surface area (Å²) in [6, 6.07) is 0. The number of aryl methyl sites for hydroxylation is 1. The first-order chi connectivity index (χ1) is 5.89. The van der Waals surface area contributed by atoms with Gasteiger partial charge in [0.15, 0.2) is 0 Å². The molecule has 1 aromatic heterocycles. The average Bonchev–Trinajstić information content (AvgIpc) is 2.33. The Balaban J connectivity index is 2.65. The fourth-order valence-electron chi connectivity index (χ4n) is 0.849. The monoisotopic (exact) mass is 192 g/mol. The fourth-order valence-corrected chi connectivity index (χ4v) is 0.849. The van der Waals surface area contributed by atoms with Crippen molar-refractivity contribution in [3.05, 3.63) is 18.0 Å². The Morgan fingerprint density at radius 1 is 1.62 bits per heavy atom. The third-order valence-corrected chi connectivity index (χ3v) is 1.44. The summed E-state index contributed by atoms with van der Waals surface area (Å²) < 4.78 is 36.6. The molecule has 1 heterocycles.